The molecule has 0 amide bonds. The van der Waals surface area contributed by atoms with Crippen molar-refractivity contribution in [3.8, 4) is 0 Å². The Bertz CT molecular complexity index is 887. The first-order valence-electron chi connectivity index (χ1n) is 20.7. The van der Waals surface area contributed by atoms with Crippen molar-refractivity contribution in [1.29, 1.82) is 0 Å². The molecule has 2 atom stereocenters. The SMILES string of the molecule is CO[SiH](CCCCCCCCCCO)O[Si](CCCCCCCCCCCN=[N+]=[N-])(OC)O[Si](CCCCCCCCCCCN=[N+]=[N-])(OC)OC. The van der Waals surface area contributed by atoms with Crippen LogP contribution in [-0.4, -0.2) is 80.1 Å². The molecule has 0 aliphatic carbocycles. The molecule has 0 heterocycles. The van der Waals surface area contributed by atoms with Gasteiger partial charge in [-0.3, -0.25) is 0 Å². The van der Waals surface area contributed by atoms with Gasteiger partial charge in [0.2, 0.25) is 0 Å². The van der Waals surface area contributed by atoms with Gasteiger partial charge in [0.15, 0.2) is 0 Å². The summed E-state index contributed by atoms with van der Waals surface area (Å²) >= 11 is 0. The van der Waals surface area contributed by atoms with Gasteiger partial charge < -0.3 is 31.0 Å². The molecule has 306 valence electrons. The monoisotopic (exact) mass is 791 g/mol. The van der Waals surface area contributed by atoms with Crippen LogP contribution in [0.25, 0.3) is 20.9 Å². The Morgan fingerprint density at radius 2 is 0.827 bits per heavy atom. The second-order valence-electron chi connectivity index (χ2n) is 14.0. The summed E-state index contributed by atoms with van der Waals surface area (Å²) in [5.41, 5.74) is 16.8. The van der Waals surface area contributed by atoms with Crippen molar-refractivity contribution in [3.05, 3.63) is 20.9 Å². The fourth-order valence-electron chi connectivity index (χ4n) is 6.51. The van der Waals surface area contributed by atoms with E-state index >= 15 is 0 Å². The maximum absolute atomic E-state index is 8.98. The summed E-state index contributed by atoms with van der Waals surface area (Å²) in [7, 11) is -1.33. The number of hydrogen-bond donors (Lipinski definition) is 1. The molecular formula is C36H78N6O7Si3. The van der Waals surface area contributed by atoms with Gasteiger partial charge >= 0.3 is 26.9 Å². The minimum atomic E-state index is -3.16. The second kappa shape index (κ2) is 38.3. The largest absolute Gasteiger partial charge is 0.493 e. The lowest BCUT2D eigenvalue weighted by Gasteiger charge is -2.38. The Morgan fingerprint density at radius 3 is 1.19 bits per heavy atom. The predicted molar refractivity (Wildman–Crippen MR) is 218 cm³/mol. The molecule has 52 heavy (non-hydrogen) atoms. The van der Waals surface area contributed by atoms with Crippen LogP contribution >= 0.6 is 0 Å². The van der Waals surface area contributed by atoms with Crippen LogP contribution in [0.5, 0.6) is 0 Å². The van der Waals surface area contributed by atoms with E-state index in [9.17, 15) is 0 Å². The molecule has 0 aliphatic heterocycles. The van der Waals surface area contributed by atoms with E-state index in [0.29, 0.717) is 19.7 Å². The van der Waals surface area contributed by atoms with E-state index in [1.807, 2.05) is 0 Å². The molecular weight excluding hydrogens is 713 g/mol. The van der Waals surface area contributed by atoms with Crippen molar-refractivity contribution < 1.29 is 31.0 Å². The molecule has 2 unspecified atom stereocenters. The van der Waals surface area contributed by atoms with Crippen molar-refractivity contribution in [3.63, 3.8) is 0 Å². The average molecular weight is 791 g/mol. The van der Waals surface area contributed by atoms with Gasteiger partial charge in [0.1, 0.15) is 0 Å². The highest BCUT2D eigenvalue weighted by Crippen LogP contribution is 2.30. The van der Waals surface area contributed by atoms with E-state index in [-0.39, 0.29) is 0 Å². The maximum Gasteiger partial charge on any atom is 0.493 e. The van der Waals surface area contributed by atoms with Crippen molar-refractivity contribution in [2.75, 3.05) is 48.1 Å². The van der Waals surface area contributed by atoms with Crippen LogP contribution in [-0.2, 0) is 25.9 Å². The fraction of sp³-hybridized carbons (Fsp3) is 1.00. The molecule has 0 spiro atoms. The summed E-state index contributed by atoms with van der Waals surface area (Å²) in [4.78, 5) is 5.64. The topological polar surface area (TPSA) is 173 Å². The van der Waals surface area contributed by atoms with Crippen LogP contribution < -0.4 is 0 Å². The number of aliphatic hydroxyl groups excluding tert-OH is 1. The highest BCUT2D eigenvalue weighted by Gasteiger charge is 2.53. The van der Waals surface area contributed by atoms with Crippen LogP contribution in [0.3, 0.4) is 0 Å². The zero-order valence-electron chi connectivity index (χ0n) is 33.8. The molecule has 0 bridgehead atoms. The third-order valence-electron chi connectivity index (χ3n) is 9.77. The lowest BCUT2D eigenvalue weighted by atomic mass is 10.1. The first kappa shape index (κ1) is 51.0. The number of rotatable bonds is 42. The molecule has 0 aromatic rings. The van der Waals surface area contributed by atoms with E-state index in [4.69, 9.17) is 42.1 Å². The second-order valence-corrected chi connectivity index (χ2v) is 22.6. The van der Waals surface area contributed by atoms with Crippen molar-refractivity contribution in [1.82, 2.24) is 0 Å². The minimum Gasteiger partial charge on any atom is -0.400 e. The Balaban J connectivity index is 5.08. The number of aliphatic hydroxyl groups is 1. The lowest BCUT2D eigenvalue weighted by Crippen LogP contribution is -2.59. The first-order chi connectivity index (χ1) is 25.5. The molecule has 0 aliphatic rings. The maximum atomic E-state index is 8.98. The summed E-state index contributed by atoms with van der Waals surface area (Å²) in [6, 6.07) is 2.39. The van der Waals surface area contributed by atoms with Gasteiger partial charge in [-0.2, -0.15) is 0 Å². The van der Waals surface area contributed by atoms with E-state index in [1.165, 1.54) is 96.3 Å². The number of hydrogen-bond acceptors (Lipinski definition) is 9. The Morgan fingerprint density at radius 1 is 0.481 bits per heavy atom. The minimum absolute atomic E-state index is 0.297. The lowest BCUT2D eigenvalue weighted by molar-refractivity contribution is 0.0970. The molecule has 0 saturated carbocycles. The fourth-order valence-corrected chi connectivity index (χ4v) is 17.2. The molecule has 16 heteroatoms. The third kappa shape index (κ3) is 29.4. The first-order valence-corrected chi connectivity index (χ1v) is 26.3. The van der Waals surface area contributed by atoms with Crippen LogP contribution in [0, 0.1) is 0 Å². The summed E-state index contributed by atoms with van der Waals surface area (Å²) in [5, 5.41) is 16.2. The third-order valence-corrected chi connectivity index (χ3v) is 20.0. The summed E-state index contributed by atoms with van der Waals surface area (Å²) < 4.78 is 38.4. The summed E-state index contributed by atoms with van der Waals surface area (Å²) in [6.07, 6.45) is 29.6. The normalized spacial score (nSPS) is 13.4. The number of unbranched alkanes of at least 4 members (excludes halogenated alkanes) is 23. The van der Waals surface area contributed by atoms with Gasteiger partial charge in [-0.15, -0.1) is 0 Å². The van der Waals surface area contributed by atoms with Gasteiger partial charge in [0.05, 0.1) is 0 Å². The van der Waals surface area contributed by atoms with Gasteiger partial charge in [-0.1, -0.05) is 145 Å². The Labute approximate surface area is 321 Å². The van der Waals surface area contributed by atoms with Crippen LogP contribution in [0.1, 0.15) is 167 Å². The van der Waals surface area contributed by atoms with Crippen molar-refractivity contribution >= 4 is 26.9 Å². The Kier molecular flexibility index (Phi) is 37.5. The number of azide groups is 2. The van der Waals surface area contributed by atoms with Crippen LogP contribution in [0.15, 0.2) is 10.2 Å². The standard InChI is InChI=1S/C36H78N6O7Si3/c1-44-50(34-28-22-16-10-9-15-21-27-33-43)48-52(47-4,36-30-24-18-12-6-8-14-20-26-32-40-42-38)49-51(45-2,46-3)35-29-23-17-11-5-7-13-19-25-31-39-41-37/h43,50H,5-36H2,1-4H3. The summed E-state index contributed by atoms with van der Waals surface area (Å²) in [6.45, 7) is 1.50. The molecule has 0 aromatic heterocycles. The molecule has 0 aromatic carbocycles. The highest BCUT2D eigenvalue weighted by atomic mass is 28.5. The zero-order chi connectivity index (χ0) is 38.3. The van der Waals surface area contributed by atoms with Gasteiger partial charge in [0.25, 0.3) is 0 Å². The van der Waals surface area contributed by atoms with Gasteiger partial charge in [0, 0.05) is 70.0 Å². The van der Waals surface area contributed by atoms with E-state index in [2.05, 4.69) is 20.1 Å². The molecule has 0 radical (unpaired) electrons. The van der Waals surface area contributed by atoms with Crippen molar-refractivity contribution in [2.45, 2.75) is 185 Å². The molecule has 13 nitrogen and oxygen atoms in total. The van der Waals surface area contributed by atoms with E-state index in [0.717, 1.165) is 88.8 Å². The van der Waals surface area contributed by atoms with E-state index < -0.39 is 26.9 Å². The van der Waals surface area contributed by atoms with E-state index in [1.54, 1.807) is 28.4 Å². The smallest absolute Gasteiger partial charge is 0.400 e. The van der Waals surface area contributed by atoms with Crippen LogP contribution in [0.2, 0.25) is 18.1 Å². The summed E-state index contributed by atoms with van der Waals surface area (Å²) in [5.74, 6) is 0. The van der Waals surface area contributed by atoms with Crippen molar-refractivity contribution in [2.24, 2.45) is 10.2 Å². The number of nitrogens with zero attached hydrogens (tertiary/aromatic N) is 6. The predicted octanol–water partition coefficient (Wildman–Crippen LogP) is 11.5. The molecule has 1 N–H and O–H groups in total. The average Bonchev–Trinajstić information content (AvgIpc) is 3.17. The molecule has 0 rings (SSSR count). The Hall–Kier alpha value is -1.01. The molecule has 0 fully saturated rings. The molecule has 0 saturated heterocycles. The quantitative estimate of drug-likeness (QED) is 0.0210. The van der Waals surface area contributed by atoms with Crippen LogP contribution in [0.4, 0.5) is 0 Å². The highest BCUT2D eigenvalue weighted by molar-refractivity contribution is 6.78. The van der Waals surface area contributed by atoms with Gasteiger partial charge in [-0.25, -0.2) is 0 Å². The zero-order valence-corrected chi connectivity index (χ0v) is 36.9. The van der Waals surface area contributed by atoms with Gasteiger partial charge in [-0.05, 0) is 49.2 Å².